The Morgan fingerprint density at radius 3 is 2.42 bits per heavy atom. The number of hydrogen-bond acceptors (Lipinski definition) is 5. The highest BCUT2D eigenvalue weighted by Gasteiger charge is 2.11. The number of nitrogens with two attached hydrogens (primary N) is 1. The standard InChI is InChI=1S/C17H19NO5S/c1-2-13-4-3-5-15(12-13)22-10-11-23-17(19)14-6-8-16(9-7-14)24(18,20)21/h3-9,12H,2,10-11H2,1H3,(H2,18,20,21). The Morgan fingerprint density at radius 1 is 1.08 bits per heavy atom. The van der Waals surface area contributed by atoms with Gasteiger partial charge in [0.1, 0.15) is 19.0 Å². The lowest BCUT2D eigenvalue weighted by Crippen LogP contribution is -2.14. The first kappa shape index (κ1) is 18.0. The van der Waals surface area contributed by atoms with E-state index in [9.17, 15) is 13.2 Å². The van der Waals surface area contributed by atoms with Gasteiger partial charge in [-0.3, -0.25) is 0 Å². The molecule has 0 unspecified atom stereocenters. The first-order valence-corrected chi connectivity index (χ1v) is 8.96. The summed E-state index contributed by atoms with van der Waals surface area (Å²) in [5.74, 6) is 0.171. The lowest BCUT2D eigenvalue weighted by Gasteiger charge is -2.08. The number of primary sulfonamides is 1. The van der Waals surface area contributed by atoms with E-state index in [2.05, 4.69) is 6.92 Å². The van der Waals surface area contributed by atoms with E-state index < -0.39 is 16.0 Å². The molecule has 24 heavy (non-hydrogen) atoms. The lowest BCUT2D eigenvalue weighted by molar-refractivity contribution is 0.0450. The first-order chi connectivity index (χ1) is 11.4. The monoisotopic (exact) mass is 349 g/mol. The van der Waals surface area contributed by atoms with Gasteiger partial charge in [-0.05, 0) is 48.4 Å². The van der Waals surface area contributed by atoms with E-state index >= 15 is 0 Å². The second-order valence-electron chi connectivity index (χ2n) is 5.05. The fourth-order valence-corrected chi connectivity index (χ4v) is 2.53. The zero-order valence-electron chi connectivity index (χ0n) is 13.3. The molecule has 0 fully saturated rings. The number of sulfonamides is 1. The van der Waals surface area contributed by atoms with Crippen molar-refractivity contribution < 1.29 is 22.7 Å². The number of carbonyl (C=O) groups is 1. The highest BCUT2D eigenvalue weighted by Crippen LogP contribution is 2.14. The third-order valence-corrected chi connectivity index (χ3v) is 4.24. The van der Waals surface area contributed by atoms with E-state index in [0.717, 1.165) is 12.2 Å². The highest BCUT2D eigenvalue weighted by atomic mass is 32.2. The van der Waals surface area contributed by atoms with Crippen molar-refractivity contribution in [2.24, 2.45) is 5.14 Å². The molecular weight excluding hydrogens is 330 g/mol. The summed E-state index contributed by atoms with van der Waals surface area (Å²) in [6.45, 7) is 2.38. The number of aryl methyl sites for hydroxylation is 1. The molecule has 0 atom stereocenters. The summed E-state index contributed by atoms with van der Waals surface area (Å²) < 4.78 is 32.9. The van der Waals surface area contributed by atoms with Gasteiger partial charge in [-0.15, -0.1) is 0 Å². The molecule has 6 nitrogen and oxygen atoms in total. The smallest absolute Gasteiger partial charge is 0.338 e. The molecule has 0 bridgehead atoms. The van der Waals surface area contributed by atoms with Gasteiger partial charge in [-0.1, -0.05) is 19.1 Å². The van der Waals surface area contributed by atoms with Crippen LogP contribution in [0.25, 0.3) is 0 Å². The number of carbonyl (C=O) groups excluding carboxylic acids is 1. The topological polar surface area (TPSA) is 95.7 Å². The maximum Gasteiger partial charge on any atom is 0.338 e. The van der Waals surface area contributed by atoms with E-state index in [4.69, 9.17) is 14.6 Å². The molecule has 0 aliphatic heterocycles. The van der Waals surface area contributed by atoms with Crippen molar-refractivity contribution in [1.29, 1.82) is 0 Å². The molecule has 2 rings (SSSR count). The molecule has 0 saturated carbocycles. The van der Waals surface area contributed by atoms with Crippen molar-refractivity contribution in [3.05, 3.63) is 59.7 Å². The second kappa shape index (κ2) is 7.94. The van der Waals surface area contributed by atoms with Crippen LogP contribution in [0.3, 0.4) is 0 Å². The second-order valence-corrected chi connectivity index (χ2v) is 6.62. The van der Waals surface area contributed by atoms with Gasteiger partial charge >= 0.3 is 5.97 Å². The molecule has 0 amide bonds. The molecule has 0 radical (unpaired) electrons. The quantitative estimate of drug-likeness (QED) is 0.610. The lowest BCUT2D eigenvalue weighted by atomic mass is 10.2. The maximum absolute atomic E-state index is 11.9. The molecule has 2 aromatic rings. The summed E-state index contributed by atoms with van der Waals surface area (Å²) in [4.78, 5) is 11.8. The zero-order valence-corrected chi connectivity index (χ0v) is 14.1. The van der Waals surface area contributed by atoms with E-state index in [1.165, 1.54) is 29.8 Å². The molecule has 7 heteroatoms. The predicted octanol–water partition coefficient (Wildman–Crippen LogP) is 2.13. The van der Waals surface area contributed by atoms with Gasteiger partial charge < -0.3 is 9.47 Å². The van der Waals surface area contributed by atoms with Crippen LogP contribution in [-0.4, -0.2) is 27.6 Å². The van der Waals surface area contributed by atoms with Crippen LogP contribution >= 0.6 is 0 Å². The molecule has 0 heterocycles. The Morgan fingerprint density at radius 2 is 1.79 bits per heavy atom. The molecular formula is C17H19NO5S. The average molecular weight is 349 g/mol. The summed E-state index contributed by atoms with van der Waals surface area (Å²) in [5.41, 5.74) is 1.41. The van der Waals surface area contributed by atoms with E-state index in [0.29, 0.717) is 0 Å². The van der Waals surface area contributed by atoms with Crippen molar-refractivity contribution >= 4 is 16.0 Å². The van der Waals surface area contributed by atoms with Crippen molar-refractivity contribution in [1.82, 2.24) is 0 Å². The molecule has 0 aliphatic rings. The van der Waals surface area contributed by atoms with Gasteiger partial charge in [-0.2, -0.15) is 0 Å². The largest absolute Gasteiger partial charge is 0.490 e. The zero-order chi connectivity index (χ0) is 17.6. The maximum atomic E-state index is 11.9. The van der Waals surface area contributed by atoms with Gasteiger partial charge in [0.15, 0.2) is 0 Å². The molecule has 128 valence electrons. The minimum atomic E-state index is -3.77. The number of hydrogen-bond donors (Lipinski definition) is 1. The first-order valence-electron chi connectivity index (χ1n) is 7.42. The van der Waals surface area contributed by atoms with Gasteiger partial charge in [0.2, 0.25) is 10.0 Å². The highest BCUT2D eigenvalue weighted by molar-refractivity contribution is 7.89. The minimum Gasteiger partial charge on any atom is -0.490 e. The van der Waals surface area contributed by atoms with Crippen LogP contribution in [0.5, 0.6) is 5.75 Å². The molecule has 2 aromatic carbocycles. The molecule has 0 aromatic heterocycles. The van der Waals surface area contributed by atoms with Crippen LogP contribution in [0.2, 0.25) is 0 Å². The summed E-state index contributed by atoms with van der Waals surface area (Å²) in [6, 6.07) is 12.9. The van der Waals surface area contributed by atoms with Crippen LogP contribution in [0.15, 0.2) is 53.4 Å². The van der Waals surface area contributed by atoms with Crippen LogP contribution in [0.1, 0.15) is 22.8 Å². The van der Waals surface area contributed by atoms with Crippen LogP contribution in [0, 0.1) is 0 Å². The summed E-state index contributed by atoms with van der Waals surface area (Å²) in [5, 5.41) is 5.00. The fraction of sp³-hybridized carbons (Fsp3) is 0.235. The van der Waals surface area contributed by atoms with Crippen molar-refractivity contribution in [2.45, 2.75) is 18.2 Å². The summed E-state index contributed by atoms with van der Waals surface area (Å²) >= 11 is 0. The summed E-state index contributed by atoms with van der Waals surface area (Å²) in [7, 11) is -3.77. The molecule has 0 spiro atoms. The Balaban J connectivity index is 1.82. The van der Waals surface area contributed by atoms with E-state index in [-0.39, 0.29) is 23.7 Å². The Hall–Kier alpha value is -2.38. The van der Waals surface area contributed by atoms with Gasteiger partial charge in [0.05, 0.1) is 10.5 Å². The van der Waals surface area contributed by atoms with Crippen LogP contribution in [-0.2, 0) is 21.2 Å². The number of benzene rings is 2. The van der Waals surface area contributed by atoms with Crippen molar-refractivity contribution in [3.8, 4) is 5.75 Å². The molecule has 0 aliphatic carbocycles. The number of rotatable bonds is 7. The predicted molar refractivity (Wildman–Crippen MR) is 89.4 cm³/mol. The van der Waals surface area contributed by atoms with E-state index in [1.54, 1.807) is 0 Å². The number of ether oxygens (including phenoxy) is 2. The third kappa shape index (κ3) is 5.07. The van der Waals surface area contributed by atoms with Crippen molar-refractivity contribution in [2.75, 3.05) is 13.2 Å². The Bertz CT molecular complexity index is 800. The molecule has 0 saturated heterocycles. The van der Waals surface area contributed by atoms with Gasteiger partial charge in [0.25, 0.3) is 0 Å². The Kier molecular flexibility index (Phi) is 5.94. The van der Waals surface area contributed by atoms with Gasteiger partial charge in [-0.25, -0.2) is 18.4 Å². The van der Waals surface area contributed by atoms with Crippen LogP contribution < -0.4 is 9.88 Å². The van der Waals surface area contributed by atoms with Crippen molar-refractivity contribution in [3.63, 3.8) is 0 Å². The van der Waals surface area contributed by atoms with E-state index in [1.807, 2.05) is 24.3 Å². The fourth-order valence-electron chi connectivity index (χ4n) is 2.01. The Labute approximate surface area is 141 Å². The summed E-state index contributed by atoms with van der Waals surface area (Å²) in [6.07, 6.45) is 0.917. The minimum absolute atomic E-state index is 0.0572. The number of esters is 1. The molecule has 2 N–H and O–H groups in total. The SMILES string of the molecule is CCc1cccc(OCCOC(=O)c2ccc(S(N)(=O)=O)cc2)c1. The normalized spacial score (nSPS) is 11.1. The van der Waals surface area contributed by atoms with Crippen LogP contribution in [0.4, 0.5) is 0 Å². The third-order valence-electron chi connectivity index (χ3n) is 3.31. The average Bonchev–Trinajstić information content (AvgIpc) is 2.58. The van der Waals surface area contributed by atoms with Gasteiger partial charge in [0, 0.05) is 0 Å².